The molecule has 0 unspecified atom stereocenters. The lowest BCUT2D eigenvalue weighted by atomic mass is 10.1. The van der Waals surface area contributed by atoms with Crippen LogP contribution in [-0.4, -0.2) is 49.4 Å². The van der Waals surface area contributed by atoms with Gasteiger partial charge in [-0.3, -0.25) is 4.79 Å². The maximum absolute atomic E-state index is 13.0. The van der Waals surface area contributed by atoms with Gasteiger partial charge < -0.3 is 15.2 Å². The number of phenols is 1. The van der Waals surface area contributed by atoms with Crippen LogP contribution in [0.2, 0.25) is 0 Å². The summed E-state index contributed by atoms with van der Waals surface area (Å²) in [4.78, 5) is 24.4. The zero-order valence-corrected chi connectivity index (χ0v) is 18.2. The first-order chi connectivity index (χ1) is 14.8. The number of esters is 1. The molecule has 1 fully saturated rings. The quantitative estimate of drug-likeness (QED) is 0.658. The molecule has 3 rings (SSSR count). The van der Waals surface area contributed by atoms with Crippen LogP contribution in [-0.2, 0) is 14.8 Å². The third-order valence-electron chi connectivity index (χ3n) is 5.07. The number of carbonyl (C=O) groups excluding carboxylic acids is 2. The standard InChI is InChI=1S/C22H26N2O6S/c1-2-30-22(27)16-7-9-17(10-8-16)23-21(26)19-15-18(11-12-20(19)25)31(28,29)24-13-5-3-4-6-14-24/h7-12,15,25H,2-6,13-14H2,1H3,(H,23,26). The number of aromatic hydroxyl groups is 1. The molecule has 2 aromatic carbocycles. The molecule has 1 aliphatic heterocycles. The molecule has 31 heavy (non-hydrogen) atoms. The van der Waals surface area contributed by atoms with Crippen LogP contribution in [0.5, 0.6) is 5.75 Å². The van der Waals surface area contributed by atoms with Crippen molar-refractivity contribution in [1.29, 1.82) is 0 Å². The third-order valence-corrected chi connectivity index (χ3v) is 6.96. The van der Waals surface area contributed by atoms with E-state index >= 15 is 0 Å². The summed E-state index contributed by atoms with van der Waals surface area (Å²) >= 11 is 0. The number of carbonyl (C=O) groups is 2. The van der Waals surface area contributed by atoms with Crippen molar-refractivity contribution in [1.82, 2.24) is 4.31 Å². The number of benzene rings is 2. The number of hydrogen-bond acceptors (Lipinski definition) is 6. The Morgan fingerprint density at radius 2 is 1.68 bits per heavy atom. The van der Waals surface area contributed by atoms with E-state index < -0.39 is 21.9 Å². The predicted octanol–water partition coefficient (Wildman–Crippen LogP) is 3.39. The van der Waals surface area contributed by atoms with Crippen LogP contribution in [0.3, 0.4) is 0 Å². The number of phenolic OH excluding ortho intramolecular Hbond substituents is 1. The van der Waals surface area contributed by atoms with Gasteiger partial charge in [-0.25, -0.2) is 13.2 Å². The van der Waals surface area contributed by atoms with Crippen LogP contribution >= 0.6 is 0 Å². The monoisotopic (exact) mass is 446 g/mol. The Bertz CT molecular complexity index is 1040. The topological polar surface area (TPSA) is 113 Å². The lowest BCUT2D eigenvalue weighted by Gasteiger charge is -2.20. The number of amides is 1. The first-order valence-corrected chi connectivity index (χ1v) is 11.7. The summed E-state index contributed by atoms with van der Waals surface area (Å²) in [6.07, 6.45) is 3.58. The Labute approximate surface area is 181 Å². The Hall–Kier alpha value is -2.91. The number of hydrogen-bond donors (Lipinski definition) is 2. The molecule has 0 aromatic heterocycles. The molecule has 2 N–H and O–H groups in total. The van der Waals surface area contributed by atoms with E-state index in [-0.39, 0.29) is 22.8 Å². The fraction of sp³-hybridized carbons (Fsp3) is 0.364. The van der Waals surface area contributed by atoms with Gasteiger partial charge in [-0.2, -0.15) is 4.31 Å². The van der Waals surface area contributed by atoms with Crippen LogP contribution in [0.1, 0.15) is 53.3 Å². The molecule has 2 aromatic rings. The number of sulfonamides is 1. The van der Waals surface area contributed by atoms with Crippen molar-refractivity contribution in [2.75, 3.05) is 25.0 Å². The Kier molecular flexibility index (Phi) is 7.29. The van der Waals surface area contributed by atoms with Crippen molar-refractivity contribution in [2.24, 2.45) is 0 Å². The second-order valence-corrected chi connectivity index (χ2v) is 9.19. The summed E-state index contributed by atoms with van der Waals surface area (Å²) in [5.41, 5.74) is 0.580. The van der Waals surface area contributed by atoms with Gasteiger partial charge in [0.1, 0.15) is 5.75 Å². The van der Waals surface area contributed by atoms with Gasteiger partial charge in [0.2, 0.25) is 10.0 Å². The van der Waals surface area contributed by atoms with Crippen LogP contribution in [0.25, 0.3) is 0 Å². The summed E-state index contributed by atoms with van der Waals surface area (Å²) in [7, 11) is -3.76. The number of ether oxygens (including phenoxy) is 1. The highest BCUT2D eigenvalue weighted by Gasteiger charge is 2.27. The van der Waals surface area contributed by atoms with Gasteiger partial charge in [0.15, 0.2) is 0 Å². The molecule has 0 spiro atoms. The van der Waals surface area contributed by atoms with Crippen molar-refractivity contribution >= 4 is 27.6 Å². The summed E-state index contributed by atoms with van der Waals surface area (Å²) < 4.78 is 32.4. The van der Waals surface area contributed by atoms with Crippen molar-refractivity contribution < 1.29 is 27.9 Å². The van der Waals surface area contributed by atoms with E-state index in [2.05, 4.69) is 5.32 Å². The second kappa shape index (κ2) is 9.93. The van der Waals surface area contributed by atoms with Crippen LogP contribution in [0.15, 0.2) is 47.4 Å². The molecule has 0 aliphatic carbocycles. The van der Waals surface area contributed by atoms with Crippen LogP contribution < -0.4 is 5.32 Å². The lowest BCUT2D eigenvalue weighted by molar-refractivity contribution is 0.0526. The van der Waals surface area contributed by atoms with Gasteiger partial charge >= 0.3 is 5.97 Å². The molecule has 1 amide bonds. The molecular weight excluding hydrogens is 420 g/mol. The molecule has 8 nitrogen and oxygen atoms in total. The van der Waals surface area contributed by atoms with Crippen LogP contribution in [0.4, 0.5) is 5.69 Å². The van der Waals surface area contributed by atoms with Gasteiger partial charge in [0.05, 0.1) is 22.6 Å². The lowest BCUT2D eigenvalue weighted by Crippen LogP contribution is -2.32. The fourth-order valence-corrected chi connectivity index (χ4v) is 4.93. The molecule has 0 atom stereocenters. The van der Waals surface area contributed by atoms with Crippen molar-refractivity contribution in [2.45, 2.75) is 37.5 Å². The molecule has 9 heteroatoms. The van der Waals surface area contributed by atoms with E-state index in [4.69, 9.17) is 4.74 Å². The van der Waals surface area contributed by atoms with Crippen molar-refractivity contribution in [3.63, 3.8) is 0 Å². The van der Waals surface area contributed by atoms with Gasteiger partial charge in [-0.1, -0.05) is 12.8 Å². The minimum atomic E-state index is -3.76. The van der Waals surface area contributed by atoms with Crippen LogP contribution in [0, 0.1) is 0 Å². The Morgan fingerprint density at radius 1 is 1.03 bits per heavy atom. The Balaban J connectivity index is 1.79. The molecule has 0 bridgehead atoms. The summed E-state index contributed by atoms with van der Waals surface area (Å²) in [6, 6.07) is 9.78. The van der Waals surface area contributed by atoms with E-state index in [1.165, 1.54) is 46.8 Å². The molecule has 0 radical (unpaired) electrons. The summed E-state index contributed by atoms with van der Waals surface area (Å²) in [5, 5.41) is 12.8. The first-order valence-electron chi connectivity index (χ1n) is 10.2. The van der Waals surface area contributed by atoms with Gasteiger partial charge in [0.25, 0.3) is 5.91 Å². The number of rotatable bonds is 6. The number of anilines is 1. The zero-order chi connectivity index (χ0) is 22.4. The van der Waals surface area contributed by atoms with E-state index in [1.54, 1.807) is 6.92 Å². The normalized spacial score (nSPS) is 15.1. The van der Waals surface area contributed by atoms with Gasteiger partial charge in [0, 0.05) is 18.8 Å². The first kappa shape index (κ1) is 22.8. The van der Waals surface area contributed by atoms with E-state index in [9.17, 15) is 23.1 Å². The largest absolute Gasteiger partial charge is 0.507 e. The summed E-state index contributed by atoms with van der Waals surface area (Å²) in [5.74, 6) is -1.45. The molecule has 1 heterocycles. The predicted molar refractivity (Wildman–Crippen MR) is 116 cm³/mol. The Morgan fingerprint density at radius 3 is 2.29 bits per heavy atom. The van der Waals surface area contributed by atoms with Crippen molar-refractivity contribution in [3.8, 4) is 5.75 Å². The fourth-order valence-electron chi connectivity index (χ4n) is 3.39. The minimum absolute atomic E-state index is 0.0324. The molecule has 0 saturated carbocycles. The molecule has 1 saturated heterocycles. The smallest absolute Gasteiger partial charge is 0.338 e. The average molecular weight is 447 g/mol. The highest BCUT2D eigenvalue weighted by Crippen LogP contribution is 2.26. The maximum atomic E-state index is 13.0. The van der Waals surface area contributed by atoms with Gasteiger partial charge in [-0.05, 0) is 62.2 Å². The van der Waals surface area contributed by atoms with Gasteiger partial charge in [-0.15, -0.1) is 0 Å². The minimum Gasteiger partial charge on any atom is -0.507 e. The third kappa shape index (κ3) is 5.42. The number of nitrogens with one attached hydrogen (secondary N) is 1. The average Bonchev–Trinajstić information content (AvgIpc) is 3.05. The molecule has 1 aliphatic rings. The van der Waals surface area contributed by atoms with E-state index in [1.807, 2.05) is 0 Å². The number of nitrogens with zero attached hydrogens (tertiary/aromatic N) is 1. The molecular formula is C22H26N2O6S. The van der Waals surface area contributed by atoms with E-state index in [0.29, 0.717) is 24.3 Å². The zero-order valence-electron chi connectivity index (χ0n) is 17.3. The van der Waals surface area contributed by atoms with E-state index in [0.717, 1.165) is 25.7 Å². The second-order valence-electron chi connectivity index (χ2n) is 7.25. The maximum Gasteiger partial charge on any atom is 0.338 e. The highest BCUT2D eigenvalue weighted by atomic mass is 32.2. The SMILES string of the molecule is CCOC(=O)c1ccc(NC(=O)c2cc(S(=O)(=O)N3CCCCCC3)ccc2O)cc1. The van der Waals surface area contributed by atoms with Crippen molar-refractivity contribution in [3.05, 3.63) is 53.6 Å². The summed E-state index contributed by atoms with van der Waals surface area (Å²) in [6.45, 7) is 2.85. The molecule has 166 valence electrons. The highest BCUT2D eigenvalue weighted by molar-refractivity contribution is 7.89.